The molecule has 0 radical (unpaired) electrons. The molecule has 0 unspecified atom stereocenters. The number of aromatic nitrogens is 1. The van der Waals surface area contributed by atoms with E-state index >= 15 is 0 Å². The van der Waals surface area contributed by atoms with Gasteiger partial charge in [0.2, 0.25) is 0 Å². The van der Waals surface area contributed by atoms with Crippen LogP contribution in [-0.2, 0) is 0 Å². The van der Waals surface area contributed by atoms with E-state index in [2.05, 4.69) is 20.9 Å². The number of nitrogens with two attached hydrogens (primary N) is 1. The maximum Gasteiger partial charge on any atom is 0.455 e. The minimum Gasteiger partial charge on any atom is -0.317 e. The van der Waals surface area contributed by atoms with E-state index < -0.39 is 23.8 Å². The Balaban J connectivity index is 0.00000256. The summed E-state index contributed by atoms with van der Waals surface area (Å²) in [5, 5.41) is 0. The number of rotatable bonds is 2. The minimum absolute atomic E-state index is 0. The highest BCUT2D eigenvalue weighted by atomic mass is 79.9. The fourth-order valence-electron chi connectivity index (χ4n) is 0.933. The molecular formula is C8H7BrClF5N2. The molecule has 0 aliphatic carbocycles. The van der Waals surface area contributed by atoms with E-state index in [1.807, 2.05) is 0 Å². The fourth-order valence-corrected chi connectivity index (χ4v) is 1.17. The lowest BCUT2D eigenvalue weighted by molar-refractivity contribution is -0.291. The first-order valence-corrected chi connectivity index (χ1v) is 4.77. The zero-order valence-electron chi connectivity index (χ0n) is 8.01. The molecule has 1 rings (SSSR count). The molecule has 0 aliphatic heterocycles. The number of pyridine rings is 1. The molecule has 17 heavy (non-hydrogen) atoms. The summed E-state index contributed by atoms with van der Waals surface area (Å²) < 4.78 is 62.0. The van der Waals surface area contributed by atoms with Gasteiger partial charge in [0.15, 0.2) is 0 Å². The Labute approximate surface area is 108 Å². The lowest BCUT2D eigenvalue weighted by Gasteiger charge is -2.25. The van der Waals surface area contributed by atoms with Gasteiger partial charge in [-0.05, 0) is 28.1 Å². The van der Waals surface area contributed by atoms with Crippen molar-refractivity contribution < 1.29 is 22.0 Å². The van der Waals surface area contributed by atoms with E-state index in [-0.39, 0.29) is 12.4 Å². The highest BCUT2D eigenvalue weighted by molar-refractivity contribution is 9.10. The van der Waals surface area contributed by atoms with Crippen molar-refractivity contribution in [3.05, 3.63) is 28.5 Å². The van der Waals surface area contributed by atoms with Crippen LogP contribution in [0.2, 0.25) is 0 Å². The van der Waals surface area contributed by atoms with Gasteiger partial charge in [-0.1, -0.05) is 0 Å². The van der Waals surface area contributed by atoms with Crippen molar-refractivity contribution in [2.75, 3.05) is 0 Å². The van der Waals surface area contributed by atoms with Gasteiger partial charge in [-0.15, -0.1) is 12.4 Å². The highest BCUT2D eigenvalue weighted by Gasteiger charge is 2.62. The van der Waals surface area contributed by atoms with Gasteiger partial charge in [-0.25, -0.2) is 0 Å². The molecule has 1 atom stereocenters. The lowest BCUT2D eigenvalue weighted by atomic mass is 10.1. The largest absolute Gasteiger partial charge is 0.455 e. The van der Waals surface area contributed by atoms with E-state index in [0.717, 1.165) is 12.3 Å². The smallest absolute Gasteiger partial charge is 0.317 e. The molecule has 0 saturated carbocycles. The molecule has 98 valence electrons. The molecule has 2 N–H and O–H groups in total. The third kappa shape index (κ3) is 3.49. The standard InChI is InChI=1S/C8H6BrF5N2.ClH/c9-4-1-2-5(16-3-4)6(15)7(10,11)8(12,13)14;/h1-3,6H,15H2;1H/t6-;/m0./s1. The Kier molecular flexibility index (Phi) is 5.30. The maximum absolute atomic E-state index is 12.8. The summed E-state index contributed by atoms with van der Waals surface area (Å²) >= 11 is 2.97. The van der Waals surface area contributed by atoms with Gasteiger partial charge in [0.05, 0.1) is 5.69 Å². The molecule has 0 aliphatic rings. The average molecular weight is 342 g/mol. The van der Waals surface area contributed by atoms with Crippen LogP contribution in [0.25, 0.3) is 0 Å². The number of nitrogens with zero attached hydrogens (tertiary/aromatic N) is 1. The Morgan fingerprint density at radius 1 is 1.18 bits per heavy atom. The zero-order valence-corrected chi connectivity index (χ0v) is 10.4. The van der Waals surface area contributed by atoms with E-state index in [4.69, 9.17) is 5.73 Å². The van der Waals surface area contributed by atoms with Gasteiger partial charge in [0, 0.05) is 10.7 Å². The van der Waals surface area contributed by atoms with Crippen molar-refractivity contribution in [3.8, 4) is 0 Å². The molecule has 0 bridgehead atoms. The van der Waals surface area contributed by atoms with Gasteiger partial charge in [-0.2, -0.15) is 22.0 Å². The summed E-state index contributed by atoms with van der Waals surface area (Å²) in [4.78, 5) is 3.41. The van der Waals surface area contributed by atoms with Crippen LogP contribution in [0.4, 0.5) is 22.0 Å². The summed E-state index contributed by atoms with van der Waals surface area (Å²) in [6.45, 7) is 0. The van der Waals surface area contributed by atoms with E-state index in [1.54, 1.807) is 0 Å². The molecule has 0 fully saturated rings. The third-order valence-corrected chi connectivity index (χ3v) is 2.31. The van der Waals surface area contributed by atoms with Crippen molar-refractivity contribution in [3.63, 3.8) is 0 Å². The fraction of sp³-hybridized carbons (Fsp3) is 0.375. The van der Waals surface area contributed by atoms with Crippen LogP contribution in [0, 0.1) is 0 Å². The van der Waals surface area contributed by atoms with Crippen LogP contribution in [0.3, 0.4) is 0 Å². The van der Waals surface area contributed by atoms with Crippen molar-refractivity contribution in [2.24, 2.45) is 5.73 Å². The number of hydrogen-bond acceptors (Lipinski definition) is 2. The Hall–Kier alpha value is -0.470. The van der Waals surface area contributed by atoms with Gasteiger partial charge in [0.25, 0.3) is 0 Å². The second kappa shape index (κ2) is 5.45. The van der Waals surface area contributed by atoms with Crippen LogP contribution in [0.15, 0.2) is 22.8 Å². The normalized spacial score (nSPS) is 14.1. The van der Waals surface area contributed by atoms with E-state index in [0.29, 0.717) is 4.47 Å². The van der Waals surface area contributed by atoms with Crippen LogP contribution < -0.4 is 5.73 Å². The Morgan fingerprint density at radius 3 is 2.06 bits per heavy atom. The van der Waals surface area contributed by atoms with E-state index in [9.17, 15) is 22.0 Å². The van der Waals surface area contributed by atoms with Crippen molar-refractivity contribution in [2.45, 2.75) is 18.1 Å². The van der Waals surface area contributed by atoms with Gasteiger partial charge >= 0.3 is 12.1 Å². The van der Waals surface area contributed by atoms with Gasteiger partial charge < -0.3 is 5.73 Å². The molecule has 0 saturated heterocycles. The number of alkyl halides is 5. The maximum atomic E-state index is 12.8. The minimum atomic E-state index is -5.69. The number of halogens is 7. The first kappa shape index (κ1) is 16.5. The first-order valence-electron chi connectivity index (χ1n) is 3.98. The van der Waals surface area contributed by atoms with Crippen molar-refractivity contribution >= 4 is 28.3 Å². The SMILES string of the molecule is Cl.N[C@@H](c1ccc(Br)cn1)C(F)(F)C(F)(F)F. The molecular weight excluding hydrogens is 334 g/mol. The monoisotopic (exact) mass is 340 g/mol. The molecule has 0 amide bonds. The predicted molar refractivity (Wildman–Crippen MR) is 57.1 cm³/mol. The van der Waals surface area contributed by atoms with Crippen LogP contribution in [0.5, 0.6) is 0 Å². The molecule has 2 nitrogen and oxygen atoms in total. The van der Waals surface area contributed by atoms with Gasteiger partial charge in [0.1, 0.15) is 6.04 Å². The summed E-state index contributed by atoms with van der Waals surface area (Å²) in [6.07, 6.45) is -4.59. The van der Waals surface area contributed by atoms with E-state index in [1.165, 1.54) is 6.07 Å². The predicted octanol–water partition coefficient (Wildman–Crippen LogP) is 3.46. The Morgan fingerprint density at radius 2 is 1.71 bits per heavy atom. The molecule has 9 heteroatoms. The average Bonchev–Trinajstić information content (AvgIpc) is 2.16. The van der Waals surface area contributed by atoms with Crippen LogP contribution in [-0.4, -0.2) is 17.1 Å². The topological polar surface area (TPSA) is 38.9 Å². The first-order chi connectivity index (χ1) is 7.16. The Bertz CT molecular complexity index is 367. The highest BCUT2D eigenvalue weighted by Crippen LogP contribution is 2.42. The number of hydrogen-bond donors (Lipinski definition) is 1. The van der Waals surface area contributed by atoms with Crippen molar-refractivity contribution in [1.82, 2.24) is 4.98 Å². The molecule has 1 heterocycles. The van der Waals surface area contributed by atoms with Crippen LogP contribution >= 0.6 is 28.3 Å². The molecule has 1 aromatic rings. The molecule has 1 aromatic heterocycles. The summed E-state index contributed by atoms with van der Waals surface area (Å²) in [5.41, 5.74) is 4.34. The zero-order chi connectivity index (χ0) is 12.6. The second-order valence-electron chi connectivity index (χ2n) is 3.00. The van der Waals surface area contributed by atoms with Crippen LogP contribution in [0.1, 0.15) is 11.7 Å². The summed E-state index contributed by atoms with van der Waals surface area (Å²) in [7, 11) is 0. The molecule has 0 spiro atoms. The van der Waals surface area contributed by atoms with Gasteiger partial charge in [-0.3, -0.25) is 4.98 Å². The lowest BCUT2D eigenvalue weighted by Crippen LogP contribution is -2.46. The third-order valence-electron chi connectivity index (χ3n) is 1.84. The summed E-state index contributed by atoms with van der Waals surface area (Å²) in [6, 6.07) is -0.219. The summed E-state index contributed by atoms with van der Waals surface area (Å²) in [5.74, 6) is -5.01. The quantitative estimate of drug-likeness (QED) is 0.837. The van der Waals surface area contributed by atoms with Crippen molar-refractivity contribution in [1.29, 1.82) is 0 Å². The molecule has 0 aromatic carbocycles. The second-order valence-corrected chi connectivity index (χ2v) is 3.92.